The van der Waals surface area contributed by atoms with E-state index in [1.807, 2.05) is 12.1 Å². The zero-order chi connectivity index (χ0) is 20.1. The number of hydrogen-bond acceptors (Lipinski definition) is 3. The van der Waals surface area contributed by atoms with E-state index in [1.165, 1.54) is 5.57 Å². The minimum Gasteiger partial charge on any atom is -0.508 e. The number of aromatic hydroxyl groups is 1. The minimum absolute atomic E-state index is 0.0131. The van der Waals surface area contributed by atoms with Gasteiger partial charge in [-0.3, -0.25) is 5.10 Å². The van der Waals surface area contributed by atoms with Gasteiger partial charge in [0.2, 0.25) is 0 Å². The molecule has 0 saturated carbocycles. The van der Waals surface area contributed by atoms with Crippen molar-refractivity contribution in [2.45, 2.75) is 77.2 Å². The van der Waals surface area contributed by atoms with Crippen molar-refractivity contribution in [2.24, 2.45) is 5.92 Å². The third-order valence-corrected chi connectivity index (χ3v) is 6.80. The average molecular weight is 381 g/mol. The van der Waals surface area contributed by atoms with Gasteiger partial charge in [-0.05, 0) is 67.9 Å². The first-order chi connectivity index (χ1) is 13.2. The van der Waals surface area contributed by atoms with E-state index in [1.54, 1.807) is 6.20 Å². The molecular weight excluding hydrogens is 348 g/mol. The Morgan fingerprint density at radius 1 is 1.32 bits per heavy atom. The molecule has 4 heteroatoms. The summed E-state index contributed by atoms with van der Waals surface area (Å²) in [5.74, 6) is 1.82. The lowest BCUT2D eigenvalue weighted by Gasteiger charge is -2.47. The van der Waals surface area contributed by atoms with Crippen LogP contribution in [0, 0.1) is 5.92 Å². The summed E-state index contributed by atoms with van der Waals surface area (Å²) in [5.41, 5.74) is 4.22. The Morgan fingerprint density at radius 2 is 2.11 bits per heavy atom. The first-order valence-electron chi connectivity index (χ1n) is 10.5. The first-order valence-corrected chi connectivity index (χ1v) is 10.5. The summed E-state index contributed by atoms with van der Waals surface area (Å²) in [4.78, 5) is 0. The van der Waals surface area contributed by atoms with Crippen LogP contribution in [0.2, 0.25) is 0 Å². The molecule has 2 atom stereocenters. The molecule has 0 bridgehead atoms. The summed E-state index contributed by atoms with van der Waals surface area (Å²) in [7, 11) is 0. The highest BCUT2D eigenvalue weighted by molar-refractivity contribution is 5.66. The molecule has 0 radical (unpaired) electrons. The Bertz CT molecular complexity index is 894. The predicted molar refractivity (Wildman–Crippen MR) is 113 cm³/mol. The zero-order valence-corrected chi connectivity index (χ0v) is 17.7. The lowest BCUT2D eigenvalue weighted by Crippen LogP contribution is -2.45. The number of aromatic nitrogens is 2. The van der Waals surface area contributed by atoms with E-state index in [-0.39, 0.29) is 16.9 Å². The Balaban J connectivity index is 1.78. The average Bonchev–Trinajstić information content (AvgIpc) is 3.15. The highest BCUT2D eigenvalue weighted by Gasteiger charge is 2.46. The van der Waals surface area contributed by atoms with Crippen LogP contribution < -0.4 is 4.74 Å². The second-order valence-electron chi connectivity index (χ2n) is 9.60. The van der Waals surface area contributed by atoms with Crippen molar-refractivity contribution < 1.29 is 9.84 Å². The maximum atomic E-state index is 11.1. The highest BCUT2D eigenvalue weighted by atomic mass is 16.5. The van der Waals surface area contributed by atoms with Crippen LogP contribution in [0.25, 0.3) is 5.57 Å². The summed E-state index contributed by atoms with van der Waals surface area (Å²) in [6.07, 6.45) is 8.11. The highest BCUT2D eigenvalue weighted by Crippen LogP contribution is 2.55. The first kappa shape index (κ1) is 19.1. The second-order valence-corrected chi connectivity index (χ2v) is 9.60. The van der Waals surface area contributed by atoms with E-state index < -0.39 is 0 Å². The number of nitrogens with one attached hydrogen (secondary N) is 1. The molecule has 2 heterocycles. The van der Waals surface area contributed by atoms with Gasteiger partial charge in [0, 0.05) is 23.6 Å². The van der Waals surface area contributed by atoms with Crippen molar-refractivity contribution in [1.29, 1.82) is 0 Å². The Morgan fingerprint density at radius 3 is 2.79 bits per heavy atom. The molecule has 0 unspecified atom stereocenters. The maximum Gasteiger partial charge on any atom is 0.127 e. The van der Waals surface area contributed by atoms with Gasteiger partial charge in [0.25, 0.3) is 0 Å². The fourth-order valence-corrected chi connectivity index (χ4v) is 5.21. The van der Waals surface area contributed by atoms with Gasteiger partial charge in [0.1, 0.15) is 17.1 Å². The Labute approximate surface area is 168 Å². The van der Waals surface area contributed by atoms with Gasteiger partial charge in [0.05, 0.1) is 5.69 Å². The van der Waals surface area contributed by atoms with Crippen LogP contribution in [0.5, 0.6) is 11.5 Å². The molecule has 2 aromatic rings. The number of benzene rings is 1. The number of ether oxygens (including phenoxy) is 1. The van der Waals surface area contributed by atoms with Gasteiger partial charge in [-0.15, -0.1) is 0 Å². The molecule has 2 N–H and O–H groups in total. The molecular formula is C24H32N2O2. The van der Waals surface area contributed by atoms with Crippen molar-refractivity contribution in [2.75, 3.05) is 0 Å². The van der Waals surface area contributed by atoms with Gasteiger partial charge in [-0.2, -0.15) is 5.10 Å². The summed E-state index contributed by atoms with van der Waals surface area (Å²) in [6.45, 7) is 11.1. The van der Waals surface area contributed by atoms with Crippen molar-refractivity contribution in [3.63, 3.8) is 0 Å². The SMILES string of the molecule is CCCC(C)(C)c1cc(O)c2c(c1)OC(C)(C)[C@@H]1CC=C(c3ccn[nH]3)C[C@@H]21. The third-order valence-electron chi connectivity index (χ3n) is 6.80. The van der Waals surface area contributed by atoms with Gasteiger partial charge in [-0.1, -0.05) is 33.3 Å². The quantitative estimate of drug-likeness (QED) is 0.690. The zero-order valence-electron chi connectivity index (χ0n) is 17.7. The van der Waals surface area contributed by atoms with Crippen molar-refractivity contribution in [3.8, 4) is 11.5 Å². The minimum atomic E-state index is -0.270. The van der Waals surface area contributed by atoms with E-state index in [0.717, 1.165) is 48.3 Å². The number of hydrogen-bond donors (Lipinski definition) is 2. The molecule has 0 amide bonds. The summed E-state index contributed by atoms with van der Waals surface area (Å²) >= 11 is 0. The molecule has 2 aliphatic rings. The third kappa shape index (κ3) is 3.13. The van der Waals surface area contributed by atoms with Crippen LogP contribution >= 0.6 is 0 Å². The largest absolute Gasteiger partial charge is 0.508 e. The summed E-state index contributed by atoms with van der Waals surface area (Å²) in [6, 6.07) is 6.17. The number of phenolic OH excluding ortho intramolecular Hbond substituents is 1. The predicted octanol–water partition coefficient (Wildman–Crippen LogP) is 5.94. The summed E-state index contributed by atoms with van der Waals surface area (Å²) in [5, 5.41) is 18.3. The maximum absolute atomic E-state index is 11.1. The fourth-order valence-electron chi connectivity index (χ4n) is 5.21. The molecule has 28 heavy (non-hydrogen) atoms. The second kappa shape index (κ2) is 6.68. The van der Waals surface area contributed by atoms with E-state index in [2.05, 4.69) is 57.0 Å². The number of fused-ring (bicyclic) bond motifs is 3. The Hall–Kier alpha value is -2.23. The van der Waals surface area contributed by atoms with Crippen molar-refractivity contribution in [1.82, 2.24) is 10.2 Å². The van der Waals surface area contributed by atoms with Gasteiger partial charge >= 0.3 is 0 Å². The fraction of sp³-hybridized carbons (Fsp3) is 0.542. The lowest BCUT2D eigenvalue weighted by atomic mass is 9.66. The van der Waals surface area contributed by atoms with E-state index in [4.69, 9.17) is 4.74 Å². The van der Waals surface area contributed by atoms with Gasteiger partial charge in [-0.25, -0.2) is 0 Å². The number of aromatic amines is 1. The molecule has 4 rings (SSSR count). The molecule has 1 aromatic carbocycles. The summed E-state index contributed by atoms with van der Waals surface area (Å²) < 4.78 is 6.50. The molecule has 4 nitrogen and oxygen atoms in total. The van der Waals surface area contributed by atoms with Gasteiger partial charge in [0.15, 0.2) is 0 Å². The van der Waals surface area contributed by atoms with Crippen LogP contribution in [0.1, 0.15) is 83.0 Å². The van der Waals surface area contributed by atoms with Crippen molar-refractivity contribution in [3.05, 3.63) is 47.3 Å². The molecule has 0 fully saturated rings. The molecule has 1 aliphatic heterocycles. The van der Waals surface area contributed by atoms with Crippen LogP contribution in [0.4, 0.5) is 0 Å². The monoisotopic (exact) mass is 380 g/mol. The molecule has 1 aromatic heterocycles. The topological polar surface area (TPSA) is 58.1 Å². The molecule has 150 valence electrons. The lowest BCUT2D eigenvalue weighted by molar-refractivity contribution is 0.00908. The Kier molecular flexibility index (Phi) is 4.56. The van der Waals surface area contributed by atoms with E-state index in [0.29, 0.717) is 11.7 Å². The van der Waals surface area contributed by atoms with Crippen LogP contribution in [0.3, 0.4) is 0 Å². The molecule has 1 aliphatic carbocycles. The number of nitrogens with zero attached hydrogens (tertiary/aromatic N) is 1. The number of phenols is 1. The van der Waals surface area contributed by atoms with Gasteiger partial charge < -0.3 is 9.84 Å². The van der Waals surface area contributed by atoms with Crippen LogP contribution in [-0.4, -0.2) is 20.9 Å². The number of H-pyrrole nitrogens is 1. The molecule has 0 spiro atoms. The van der Waals surface area contributed by atoms with E-state index in [9.17, 15) is 5.11 Å². The molecule has 0 saturated heterocycles. The number of rotatable bonds is 4. The standard InChI is InChI=1S/C24H32N2O2/c1-6-10-23(2,3)16-13-20(27)22-17-12-15(19-9-11-25-26-19)7-8-18(17)24(4,5)28-21(22)14-16/h7,9,11,13-14,17-18,27H,6,8,10,12H2,1-5H3,(H,25,26)/t17-,18-/m1/s1. The smallest absolute Gasteiger partial charge is 0.127 e. The van der Waals surface area contributed by atoms with E-state index >= 15 is 0 Å². The number of allylic oxidation sites excluding steroid dienone is 2. The van der Waals surface area contributed by atoms with Crippen LogP contribution in [-0.2, 0) is 5.41 Å². The van der Waals surface area contributed by atoms with Crippen LogP contribution in [0.15, 0.2) is 30.5 Å². The normalized spacial score (nSPS) is 23.4. The van der Waals surface area contributed by atoms with Crippen molar-refractivity contribution >= 4 is 5.57 Å².